The van der Waals surface area contributed by atoms with E-state index in [4.69, 9.17) is 34.8 Å². The molecular formula is C32H31F9N6O7. The Labute approximate surface area is 299 Å². The fourth-order valence-corrected chi connectivity index (χ4v) is 4.37. The van der Waals surface area contributed by atoms with E-state index in [0.29, 0.717) is 17.0 Å². The van der Waals surface area contributed by atoms with E-state index < -0.39 is 36.4 Å². The highest BCUT2D eigenvalue weighted by Crippen LogP contribution is 2.35. The zero-order chi connectivity index (χ0) is 41.2. The SMILES string of the molecule is CC(C)(C)c1ccc(C(=O)Nc2cn3nc(N4CCCC4c4ccncc4)ccc3n2)cc1.O=C(O)C(F)(F)F.O=C(O)C(F)(F)F.O=C(O)C(F)(F)F. The Bertz CT molecular complexity index is 1830. The number of imidazole rings is 1. The number of nitrogens with zero attached hydrogens (tertiary/aromatic N) is 5. The second-order valence-electron chi connectivity index (χ2n) is 11.9. The number of hydrogen-bond donors (Lipinski definition) is 4. The van der Waals surface area contributed by atoms with Gasteiger partial charge >= 0.3 is 36.4 Å². The number of fused-ring (bicyclic) bond motifs is 1. The number of carbonyl (C=O) groups excluding carboxylic acids is 1. The predicted molar refractivity (Wildman–Crippen MR) is 171 cm³/mol. The number of amides is 1. The van der Waals surface area contributed by atoms with Crippen LogP contribution in [0.25, 0.3) is 5.65 Å². The highest BCUT2D eigenvalue weighted by atomic mass is 19.4. The monoisotopic (exact) mass is 782 g/mol. The van der Waals surface area contributed by atoms with Crippen LogP contribution in [0.2, 0.25) is 0 Å². The minimum Gasteiger partial charge on any atom is -0.475 e. The number of halogens is 9. The first-order valence-electron chi connectivity index (χ1n) is 15.1. The minimum atomic E-state index is -5.08. The number of nitrogens with one attached hydrogen (secondary N) is 1. The lowest BCUT2D eigenvalue weighted by atomic mass is 9.87. The van der Waals surface area contributed by atoms with Crippen molar-refractivity contribution in [2.24, 2.45) is 0 Å². The average molecular weight is 783 g/mol. The second kappa shape index (κ2) is 17.7. The van der Waals surface area contributed by atoms with Gasteiger partial charge in [-0.3, -0.25) is 9.78 Å². The summed E-state index contributed by atoms with van der Waals surface area (Å²) in [5.41, 5.74) is 3.78. The van der Waals surface area contributed by atoms with Crippen molar-refractivity contribution in [1.29, 1.82) is 0 Å². The molecule has 1 fully saturated rings. The van der Waals surface area contributed by atoms with Gasteiger partial charge in [-0.1, -0.05) is 32.9 Å². The Hall–Kier alpha value is -5.96. The first-order chi connectivity index (χ1) is 24.7. The minimum absolute atomic E-state index is 0.0474. The summed E-state index contributed by atoms with van der Waals surface area (Å²) in [5.74, 6) is -7.07. The molecule has 0 saturated carbocycles. The smallest absolute Gasteiger partial charge is 0.475 e. The summed E-state index contributed by atoms with van der Waals surface area (Å²) < 4.78 is 96.9. The van der Waals surface area contributed by atoms with E-state index in [-0.39, 0.29) is 17.4 Å². The summed E-state index contributed by atoms with van der Waals surface area (Å²) in [5, 5.41) is 29.1. The van der Waals surface area contributed by atoms with Crippen molar-refractivity contribution >= 4 is 41.1 Å². The van der Waals surface area contributed by atoms with E-state index in [2.05, 4.69) is 53.1 Å². The Balaban J connectivity index is 0.000000393. The predicted octanol–water partition coefficient (Wildman–Crippen LogP) is 6.92. The number of rotatable bonds is 4. The molecular weight excluding hydrogens is 751 g/mol. The highest BCUT2D eigenvalue weighted by molar-refractivity contribution is 6.03. The molecule has 294 valence electrons. The van der Waals surface area contributed by atoms with Crippen LogP contribution < -0.4 is 10.2 Å². The number of aliphatic carboxylic acids is 3. The molecule has 54 heavy (non-hydrogen) atoms. The highest BCUT2D eigenvalue weighted by Gasteiger charge is 2.39. The molecule has 1 amide bonds. The number of carboxylic acids is 3. The zero-order valence-corrected chi connectivity index (χ0v) is 28.2. The molecule has 4 N–H and O–H groups in total. The van der Waals surface area contributed by atoms with Crippen molar-refractivity contribution in [1.82, 2.24) is 19.6 Å². The van der Waals surface area contributed by atoms with Gasteiger partial charge in [0.05, 0.1) is 12.2 Å². The number of anilines is 2. The van der Waals surface area contributed by atoms with Gasteiger partial charge in [0, 0.05) is 24.5 Å². The largest absolute Gasteiger partial charge is 0.490 e. The van der Waals surface area contributed by atoms with Gasteiger partial charge in [0.25, 0.3) is 5.91 Å². The quantitative estimate of drug-likeness (QED) is 0.158. The molecule has 3 aromatic heterocycles. The molecule has 13 nitrogen and oxygen atoms in total. The van der Waals surface area contributed by atoms with Crippen LogP contribution in [0, 0.1) is 0 Å². The van der Waals surface area contributed by atoms with E-state index in [1.807, 2.05) is 48.8 Å². The van der Waals surface area contributed by atoms with Gasteiger partial charge in [0.1, 0.15) is 5.82 Å². The molecule has 0 spiro atoms. The Morgan fingerprint density at radius 1 is 0.741 bits per heavy atom. The third-order valence-electron chi connectivity index (χ3n) is 6.93. The molecule has 1 saturated heterocycles. The first-order valence-corrected chi connectivity index (χ1v) is 15.1. The van der Waals surface area contributed by atoms with Crippen LogP contribution in [0.1, 0.15) is 61.1 Å². The van der Waals surface area contributed by atoms with Gasteiger partial charge in [0.15, 0.2) is 11.5 Å². The zero-order valence-electron chi connectivity index (χ0n) is 28.2. The van der Waals surface area contributed by atoms with Crippen LogP contribution in [0.4, 0.5) is 51.1 Å². The second-order valence-corrected chi connectivity index (χ2v) is 11.9. The summed E-state index contributed by atoms with van der Waals surface area (Å²) >= 11 is 0. The maximum absolute atomic E-state index is 12.7. The molecule has 22 heteroatoms. The van der Waals surface area contributed by atoms with E-state index in [1.165, 1.54) is 11.1 Å². The van der Waals surface area contributed by atoms with Crippen LogP contribution in [0.5, 0.6) is 0 Å². The Morgan fingerprint density at radius 3 is 1.67 bits per heavy atom. The fourth-order valence-electron chi connectivity index (χ4n) is 4.37. The molecule has 1 aliphatic heterocycles. The lowest BCUT2D eigenvalue weighted by Gasteiger charge is -2.25. The Kier molecular flexibility index (Phi) is 14.5. The first kappa shape index (κ1) is 44.2. The van der Waals surface area contributed by atoms with Gasteiger partial charge in [-0.2, -0.15) is 39.5 Å². The average Bonchev–Trinajstić information content (AvgIpc) is 3.71. The van der Waals surface area contributed by atoms with Crippen molar-refractivity contribution in [2.45, 2.75) is 63.6 Å². The van der Waals surface area contributed by atoms with Crippen molar-refractivity contribution in [3.05, 3.63) is 83.8 Å². The summed E-state index contributed by atoms with van der Waals surface area (Å²) in [4.78, 5) is 50.4. The number of hydrogen-bond acceptors (Lipinski definition) is 8. The van der Waals surface area contributed by atoms with E-state index in [0.717, 1.165) is 25.2 Å². The lowest BCUT2D eigenvalue weighted by molar-refractivity contribution is -0.193. The lowest BCUT2D eigenvalue weighted by Crippen LogP contribution is -2.24. The van der Waals surface area contributed by atoms with Crippen molar-refractivity contribution in [2.75, 3.05) is 16.8 Å². The molecule has 4 aromatic rings. The van der Waals surface area contributed by atoms with Crippen LogP contribution in [0.3, 0.4) is 0 Å². The molecule has 1 atom stereocenters. The number of pyridine rings is 1. The number of aromatic nitrogens is 4. The summed E-state index contributed by atoms with van der Waals surface area (Å²) in [6, 6.07) is 16.1. The standard InChI is InChI=1S/C26H28N6O.3C2HF3O2/c1-26(2,3)20-8-6-19(7-9-20)25(33)29-22-17-32-23(28-22)10-11-24(30-32)31-16-4-5-21(31)18-12-14-27-15-13-18;3*3-2(4,5)1(6)7/h6-15,17,21H,4-5,16H2,1-3H3,(H,29,33);3*(H,6,7). The van der Waals surface area contributed by atoms with Gasteiger partial charge in [-0.05, 0) is 65.8 Å². The molecule has 0 bridgehead atoms. The molecule has 4 heterocycles. The van der Waals surface area contributed by atoms with Gasteiger partial charge < -0.3 is 25.5 Å². The summed E-state index contributed by atoms with van der Waals surface area (Å²) in [7, 11) is 0. The number of carboxylic acid groups (broad SMARTS) is 3. The molecule has 1 aliphatic rings. The van der Waals surface area contributed by atoms with Crippen molar-refractivity contribution in [3.63, 3.8) is 0 Å². The topological polar surface area (TPSA) is 187 Å². The van der Waals surface area contributed by atoms with Crippen LogP contribution in [-0.2, 0) is 19.8 Å². The normalized spacial score (nSPS) is 14.4. The van der Waals surface area contributed by atoms with Crippen molar-refractivity contribution in [3.8, 4) is 0 Å². The fraction of sp³-hybridized carbons (Fsp3) is 0.344. The maximum atomic E-state index is 12.7. The van der Waals surface area contributed by atoms with E-state index >= 15 is 0 Å². The summed E-state index contributed by atoms with van der Waals surface area (Å²) in [6.07, 6.45) is -7.61. The third-order valence-corrected chi connectivity index (χ3v) is 6.93. The number of carbonyl (C=O) groups is 4. The summed E-state index contributed by atoms with van der Waals surface area (Å²) in [6.45, 7) is 7.42. The third kappa shape index (κ3) is 13.5. The molecule has 1 unspecified atom stereocenters. The number of benzene rings is 1. The number of alkyl halides is 9. The van der Waals surface area contributed by atoms with Gasteiger partial charge in [-0.15, -0.1) is 5.10 Å². The van der Waals surface area contributed by atoms with E-state index in [9.17, 15) is 44.3 Å². The van der Waals surface area contributed by atoms with Crippen LogP contribution in [-0.4, -0.2) is 83.8 Å². The van der Waals surface area contributed by atoms with Crippen molar-refractivity contribution < 1.29 is 74.0 Å². The van der Waals surface area contributed by atoms with E-state index in [1.54, 1.807) is 10.7 Å². The van der Waals surface area contributed by atoms with Crippen LogP contribution in [0.15, 0.2) is 67.1 Å². The van der Waals surface area contributed by atoms with Gasteiger partial charge in [0.2, 0.25) is 0 Å². The molecule has 5 rings (SSSR count). The molecule has 0 aliphatic carbocycles. The maximum Gasteiger partial charge on any atom is 0.490 e. The van der Waals surface area contributed by atoms with Gasteiger partial charge in [-0.25, -0.2) is 23.9 Å². The molecule has 1 aromatic carbocycles. The molecule has 0 radical (unpaired) electrons. The Morgan fingerprint density at radius 2 is 1.22 bits per heavy atom. The van der Waals surface area contributed by atoms with Crippen LogP contribution >= 0.6 is 0 Å².